The van der Waals surface area contributed by atoms with Gasteiger partial charge >= 0.3 is 0 Å². The maximum Gasteiger partial charge on any atom is 0.191 e. The average molecular weight is 553 g/mol. The predicted octanol–water partition coefficient (Wildman–Crippen LogP) is 3.83. The van der Waals surface area contributed by atoms with Crippen LogP contribution in [0.5, 0.6) is 5.75 Å². The SMILES string of the molecule is CN=C(NCc1ccc(-n2ccnc2)c(F)c1)NCc1ccc(C)cc1OCCOC.I. The van der Waals surface area contributed by atoms with Gasteiger partial charge in [0.2, 0.25) is 0 Å². The summed E-state index contributed by atoms with van der Waals surface area (Å²) in [7, 11) is 3.35. The summed E-state index contributed by atoms with van der Waals surface area (Å²) in [6, 6.07) is 11.2. The molecular weight excluding hydrogens is 524 g/mol. The number of hydrogen-bond acceptors (Lipinski definition) is 4. The lowest BCUT2D eigenvalue weighted by Crippen LogP contribution is -2.36. The Morgan fingerprint density at radius 3 is 2.62 bits per heavy atom. The summed E-state index contributed by atoms with van der Waals surface area (Å²) in [5.41, 5.74) is 3.41. The molecule has 0 aliphatic heterocycles. The second-order valence-corrected chi connectivity index (χ2v) is 6.99. The summed E-state index contributed by atoms with van der Waals surface area (Å²) < 4.78 is 27.0. The molecule has 0 radical (unpaired) electrons. The maximum absolute atomic E-state index is 14.4. The molecule has 32 heavy (non-hydrogen) atoms. The maximum atomic E-state index is 14.4. The monoisotopic (exact) mass is 553 g/mol. The van der Waals surface area contributed by atoms with Crippen molar-refractivity contribution in [3.05, 3.63) is 77.6 Å². The van der Waals surface area contributed by atoms with Crippen LogP contribution < -0.4 is 15.4 Å². The Labute approximate surface area is 205 Å². The molecule has 0 bridgehead atoms. The zero-order valence-electron chi connectivity index (χ0n) is 18.5. The largest absolute Gasteiger partial charge is 0.491 e. The highest BCUT2D eigenvalue weighted by atomic mass is 127. The molecule has 0 spiro atoms. The summed E-state index contributed by atoms with van der Waals surface area (Å²) in [4.78, 5) is 8.20. The summed E-state index contributed by atoms with van der Waals surface area (Å²) in [5, 5.41) is 6.49. The number of aryl methyl sites for hydroxylation is 1. The highest BCUT2D eigenvalue weighted by Crippen LogP contribution is 2.20. The number of nitrogens with one attached hydrogen (secondary N) is 2. The van der Waals surface area contributed by atoms with Crippen LogP contribution in [0.2, 0.25) is 0 Å². The van der Waals surface area contributed by atoms with Crippen molar-refractivity contribution in [2.24, 2.45) is 4.99 Å². The molecule has 3 aromatic rings. The molecule has 0 aliphatic rings. The smallest absolute Gasteiger partial charge is 0.191 e. The van der Waals surface area contributed by atoms with Gasteiger partial charge in [0.25, 0.3) is 0 Å². The van der Waals surface area contributed by atoms with Crippen LogP contribution in [0.15, 0.2) is 60.1 Å². The van der Waals surface area contributed by atoms with Crippen molar-refractivity contribution in [2.75, 3.05) is 27.4 Å². The molecule has 9 heteroatoms. The topological polar surface area (TPSA) is 72.7 Å². The van der Waals surface area contributed by atoms with E-state index < -0.39 is 0 Å². The number of aliphatic imine (C=N–C) groups is 1. The number of rotatable bonds is 9. The van der Waals surface area contributed by atoms with Crippen LogP contribution in [0.4, 0.5) is 4.39 Å². The first-order chi connectivity index (χ1) is 15.1. The van der Waals surface area contributed by atoms with Gasteiger partial charge < -0.3 is 24.7 Å². The average Bonchev–Trinajstić information content (AvgIpc) is 3.30. The third kappa shape index (κ3) is 7.20. The molecule has 0 amide bonds. The van der Waals surface area contributed by atoms with Crippen LogP contribution in [0.3, 0.4) is 0 Å². The second kappa shape index (κ2) is 13.0. The molecule has 2 N–H and O–H groups in total. The number of ether oxygens (including phenoxy) is 2. The zero-order valence-corrected chi connectivity index (χ0v) is 20.8. The van der Waals surface area contributed by atoms with Gasteiger partial charge in [0, 0.05) is 45.2 Å². The minimum atomic E-state index is -0.308. The standard InChI is InChI=1S/C23H28FN5O2.HI/c1-17-4-6-19(22(12-17)31-11-10-30-3)15-28-23(25-2)27-14-18-5-7-21(20(24)13-18)29-9-8-26-16-29;/h4-9,12-13,16H,10-11,14-15H2,1-3H3,(H2,25,27,28);1H. The predicted molar refractivity (Wildman–Crippen MR) is 135 cm³/mol. The van der Waals surface area contributed by atoms with Crippen molar-refractivity contribution in [1.82, 2.24) is 20.2 Å². The third-order valence-electron chi connectivity index (χ3n) is 4.69. The number of hydrogen-bond donors (Lipinski definition) is 2. The fourth-order valence-electron chi connectivity index (χ4n) is 3.03. The molecule has 0 atom stereocenters. The Morgan fingerprint density at radius 1 is 1.12 bits per heavy atom. The van der Waals surface area contributed by atoms with Crippen molar-refractivity contribution in [2.45, 2.75) is 20.0 Å². The fourth-order valence-corrected chi connectivity index (χ4v) is 3.03. The van der Waals surface area contributed by atoms with Gasteiger partial charge in [0.05, 0.1) is 18.6 Å². The van der Waals surface area contributed by atoms with Crippen molar-refractivity contribution < 1.29 is 13.9 Å². The quantitative estimate of drug-likeness (QED) is 0.183. The van der Waals surface area contributed by atoms with E-state index in [9.17, 15) is 4.39 Å². The zero-order chi connectivity index (χ0) is 22.1. The number of nitrogens with zero attached hydrogens (tertiary/aromatic N) is 3. The highest BCUT2D eigenvalue weighted by molar-refractivity contribution is 14.0. The molecule has 1 heterocycles. The molecule has 0 saturated heterocycles. The number of guanidine groups is 1. The first-order valence-corrected chi connectivity index (χ1v) is 10.0. The Kier molecular flexibility index (Phi) is 10.4. The highest BCUT2D eigenvalue weighted by Gasteiger charge is 2.08. The van der Waals surface area contributed by atoms with Crippen molar-refractivity contribution in [3.8, 4) is 11.4 Å². The summed E-state index contributed by atoms with van der Waals surface area (Å²) in [6.07, 6.45) is 4.90. The molecule has 172 valence electrons. The fraction of sp³-hybridized carbons (Fsp3) is 0.304. The first kappa shape index (κ1) is 25.6. The van der Waals surface area contributed by atoms with Gasteiger partial charge in [-0.25, -0.2) is 9.37 Å². The summed E-state index contributed by atoms with van der Waals surface area (Å²) >= 11 is 0. The van der Waals surface area contributed by atoms with Gasteiger partial charge in [-0.1, -0.05) is 18.2 Å². The van der Waals surface area contributed by atoms with Crippen molar-refractivity contribution in [3.63, 3.8) is 0 Å². The van der Waals surface area contributed by atoms with E-state index in [0.717, 1.165) is 22.4 Å². The van der Waals surface area contributed by atoms with E-state index in [2.05, 4.69) is 20.6 Å². The minimum absolute atomic E-state index is 0. The molecular formula is C23H29FIN5O2. The summed E-state index contributed by atoms with van der Waals surface area (Å²) in [6.45, 7) is 4.01. The number of imidazole rings is 1. The van der Waals surface area contributed by atoms with Gasteiger partial charge in [0.1, 0.15) is 18.2 Å². The second-order valence-electron chi connectivity index (χ2n) is 6.99. The number of halogens is 2. The van der Waals surface area contributed by atoms with Gasteiger partial charge in [-0.3, -0.25) is 4.99 Å². The molecule has 0 unspecified atom stereocenters. The Bertz CT molecular complexity index is 1010. The molecule has 2 aromatic carbocycles. The molecule has 0 saturated carbocycles. The third-order valence-corrected chi connectivity index (χ3v) is 4.69. The Balaban J connectivity index is 0.00000363. The molecule has 3 rings (SSSR count). The van der Waals surface area contributed by atoms with E-state index in [1.807, 2.05) is 31.2 Å². The van der Waals surface area contributed by atoms with E-state index in [-0.39, 0.29) is 29.8 Å². The Hall–Kier alpha value is -2.66. The van der Waals surface area contributed by atoms with E-state index in [4.69, 9.17) is 9.47 Å². The molecule has 0 fully saturated rings. The van der Waals surface area contributed by atoms with Gasteiger partial charge in [-0.15, -0.1) is 24.0 Å². The normalized spacial score (nSPS) is 11.1. The molecule has 0 aliphatic carbocycles. The lowest BCUT2D eigenvalue weighted by molar-refractivity contribution is 0.145. The van der Waals surface area contributed by atoms with Crippen LogP contribution in [-0.2, 0) is 17.8 Å². The van der Waals surface area contributed by atoms with E-state index in [0.29, 0.717) is 38.0 Å². The van der Waals surface area contributed by atoms with Crippen molar-refractivity contribution in [1.29, 1.82) is 0 Å². The van der Waals surface area contributed by atoms with Gasteiger partial charge in [-0.05, 0) is 36.2 Å². The van der Waals surface area contributed by atoms with Crippen LogP contribution in [0.1, 0.15) is 16.7 Å². The van der Waals surface area contributed by atoms with E-state index in [1.54, 1.807) is 43.5 Å². The van der Waals surface area contributed by atoms with Gasteiger partial charge in [0.15, 0.2) is 5.96 Å². The number of aromatic nitrogens is 2. The lowest BCUT2D eigenvalue weighted by Gasteiger charge is -2.16. The summed E-state index contributed by atoms with van der Waals surface area (Å²) in [5.74, 6) is 1.12. The Morgan fingerprint density at radius 2 is 1.94 bits per heavy atom. The van der Waals surface area contributed by atoms with Crippen LogP contribution in [0.25, 0.3) is 5.69 Å². The van der Waals surface area contributed by atoms with Crippen LogP contribution >= 0.6 is 24.0 Å². The van der Waals surface area contributed by atoms with Crippen LogP contribution in [-0.4, -0.2) is 42.9 Å². The minimum Gasteiger partial charge on any atom is -0.491 e. The molecule has 1 aromatic heterocycles. The van der Waals surface area contributed by atoms with E-state index >= 15 is 0 Å². The lowest BCUT2D eigenvalue weighted by atomic mass is 10.1. The van der Waals surface area contributed by atoms with E-state index in [1.165, 1.54) is 6.07 Å². The van der Waals surface area contributed by atoms with Gasteiger partial charge in [-0.2, -0.15) is 0 Å². The van der Waals surface area contributed by atoms with Crippen LogP contribution in [0, 0.1) is 12.7 Å². The number of benzene rings is 2. The number of methoxy groups -OCH3 is 1. The first-order valence-electron chi connectivity index (χ1n) is 10.0. The molecule has 7 nitrogen and oxygen atoms in total. The van der Waals surface area contributed by atoms with Crippen molar-refractivity contribution >= 4 is 29.9 Å².